The monoisotopic (exact) mass is 314 g/mol. The zero-order valence-electron chi connectivity index (χ0n) is 10.5. The summed E-state index contributed by atoms with van der Waals surface area (Å²) < 4.78 is 1.12. The van der Waals surface area contributed by atoms with Crippen LogP contribution >= 0.6 is 27.3 Å². The molecule has 94 valence electrons. The molecule has 0 unspecified atom stereocenters. The van der Waals surface area contributed by atoms with Crippen LogP contribution in [0.2, 0.25) is 0 Å². The van der Waals surface area contributed by atoms with Gasteiger partial charge in [-0.2, -0.15) is 0 Å². The van der Waals surface area contributed by atoms with E-state index in [1.54, 1.807) is 11.3 Å². The largest absolute Gasteiger partial charge is 0.299 e. The molecule has 1 heterocycles. The highest BCUT2D eigenvalue weighted by atomic mass is 79.9. The zero-order chi connectivity index (χ0) is 12.5. The zero-order valence-corrected chi connectivity index (χ0v) is 12.9. The number of carbonyl (C=O) groups excluding carboxylic acids is 1. The van der Waals surface area contributed by atoms with E-state index in [0.717, 1.165) is 16.6 Å². The van der Waals surface area contributed by atoms with Gasteiger partial charge in [0.15, 0.2) is 0 Å². The summed E-state index contributed by atoms with van der Waals surface area (Å²) in [5.74, 6) is 0.749. The molecule has 1 aliphatic rings. The van der Waals surface area contributed by atoms with E-state index in [1.165, 1.54) is 17.7 Å². The topological polar surface area (TPSA) is 17.1 Å². The summed E-state index contributed by atoms with van der Waals surface area (Å²) in [7, 11) is 0. The average molecular weight is 315 g/mol. The van der Waals surface area contributed by atoms with Gasteiger partial charge in [0.2, 0.25) is 0 Å². The molecule has 0 saturated heterocycles. The van der Waals surface area contributed by atoms with Crippen molar-refractivity contribution in [3.63, 3.8) is 0 Å². The van der Waals surface area contributed by atoms with Gasteiger partial charge < -0.3 is 0 Å². The van der Waals surface area contributed by atoms with Crippen molar-refractivity contribution in [3.05, 3.63) is 20.8 Å². The normalized spacial score (nSPS) is 20.4. The molecule has 0 amide bonds. The highest BCUT2D eigenvalue weighted by Crippen LogP contribution is 2.38. The first-order chi connectivity index (χ1) is 7.96. The van der Waals surface area contributed by atoms with Crippen molar-refractivity contribution in [2.75, 3.05) is 0 Å². The molecule has 0 radical (unpaired) electrons. The Hall–Kier alpha value is -0.150. The van der Waals surface area contributed by atoms with E-state index in [-0.39, 0.29) is 0 Å². The smallest absolute Gasteiger partial charge is 0.141 e. The molecule has 1 saturated carbocycles. The Morgan fingerprint density at radius 2 is 2.06 bits per heavy atom. The molecule has 1 fully saturated rings. The first-order valence-corrected chi connectivity index (χ1v) is 7.84. The van der Waals surface area contributed by atoms with E-state index in [0.29, 0.717) is 23.5 Å². The molecule has 0 aromatic carbocycles. The molecule has 0 N–H and O–H groups in total. The Morgan fingerprint density at radius 1 is 1.41 bits per heavy atom. The van der Waals surface area contributed by atoms with Gasteiger partial charge in [0.1, 0.15) is 5.78 Å². The summed E-state index contributed by atoms with van der Waals surface area (Å²) >= 11 is 5.12. The van der Waals surface area contributed by atoms with E-state index < -0.39 is 0 Å². The molecular formula is C14H19BrOS. The molecule has 1 aromatic rings. The predicted molar refractivity (Wildman–Crippen MR) is 76.5 cm³/mol. The Balaban J connectivity index is 1.89. The number of rotatable bonds is 3. The summed E-state index contributed by atoms with van der Waals surface area (Å²) in [6, 6.07) is 4.08. The third-order valence-corrected chi connectivity index (χ3v) is 5.40. The van der Waals surface area contributed by atoms with Crippen LogP contribution < -0.4 is 0 Å². The second kappa shape index (κ2) is 5.23. The van der Waals surface area contributed by atoms with Crippen LogP contribution in [0, 0.1) is 11.3 Å². The second-order valence-corrected chi connectivity index (χ2v) is 8.33. The third-order valence-electron chi connectivity index (χ3n) is 3.77. The van der Waals surface area contributed by atoms with Crippen LogP contribution in [0.5, 0.6) is 0 Å². The van der Waals surface area contributed by atoms with E-state index in [1.807, 2.05) is 6.07 Å². The minimum absolute atomic E-state index is 0.309. The summed E-state index contributed by atoms with van der Waals surface area (Å²) in [5, 5.41) is 0. The fourth-order valence-electron chi connectivity index (χ4n) is 2.48. The number of halogens is 1. The van der Waals surface area contributed by atoms with Crippen molar-refractivity contribution < 1.29 is 4.79 Å². The molecule has 0 atom stereocenters. The lowest BCUT2D eigenvalue weighted by atomic mass is 9.71. The third kappa shape index (κ3) is 3.65. The lowest BCUT2D eigenvalue weighted by Gasteiger charge is -2.33. The first kappa shape index (κ1) is 13.3. The molecule has 3 heteroatoms. The summed E-state index contributed by atoms with van der Waals surface area (Å²) in [5.41, 5.74) is 0.447. The average Bonchev–Trinajstić information content (AvgIpc) is 2.63. The van der Waals surface area contributed by atoms with Gasteiger partial charge in [0, 0.05) is 17.2 Å². The van der Waals surface area contributed by atoms with E-state index in [2.05, 4.69) is 35.8 Å². The van der Waals surface area contributed by atoms with Gasteiger partial charge in [-0.05, 0) is 59.2 Å². The number of hydrogen-bond donors (Lipinski definition) is 0. The fraction of sp³-hybridized carbons (Fsp3) is 0.643. The maximum atomic E-state index is 12.2. The van der Waals surface area contributed by atoms with Crippen LogP contribution in [0.25, 0.3) is 0 Å². The minimum atomic E-state index is 0.309. The molecule has 17 heavy (non-hydrogen) atoms. The van der Waals surface area contributed by atoms with Crippen molar-refractivity contribution in [1.29, 1.82) is 0 Å². The van der Waals surface area contributed by atoms with Crippen molar-refractivity contribution in [2.45, 2.75) is 46.0 Å². The Labute approximate surface area is 116 Å². The maximum absolute atomic E-state index is 12.2. The summed E-state index contributed by atoms with van der Waals surface area (Å²) in [6.45, 7) is 4.62. The molecular weight excluding hydrogens is 296 g/mol. The number of thiophene rings is 1. The van der Waals surface area contributed by atoms with Crippen molar-refractivity contribution in [3.8, 4) is 0 Å². The van der Waals surface area contributed by atoms with Crippen LogP contribution in [-0.2, 0) is 11.2 Å². The van der Waals surface area contributed by atoms with E-state index in [9.17, 15) is 4.79 Å². The van der Waals surface area contributed by atoms with Gasteiger partial charge in [0.25, 0.3) is 0 Å². The van der Waals surface area contributed by atoms with Gasteiger partial charge in [-0.3, -0.25) is 4.79 Å². The van der Waals surface area contributed by atoms with Crippen LogP contribution in [0.3, 0.4) is 0 Å². The second-order valence-electron chi connectivity index (χ2n) is 5.79. The molecule has 1 nitrogen and oxygen atoms in total. The molecule has 0 spiro atoms. The van der Waals surface area contributed by atoms with Gasteiger partial charge in [-0.15, -0.1) is 11.3 Å². The van der Waals surface area contributed by atoms with Crippen LogP contribution in [-0.4, -0.2) is 5.78 Å². The van der Waals surface area contributed by atoms with Crippen molar-refractivity contribution in [2.24, 2.45) is 11.3 Å². The van der Waals surface area contributed by atoms with Gasteiger partial charge in [-0.1, -0.05) is 13.8 Å². The Morgan fingerprint density at radius 3 is 2.59 bits per heavy atom. The van der Waals surface area contributed by atoms with Crippen LogP contribution in [0.15, 0.2) is 15.9 Å². The van der Waals surface area contributed by atoms with Crippen LogP contribution in [0.4, 0.5) is 0 Å². The highest BCUT2D eigenvalue weighted by molar-refractivity contribution is 9.11. The van der Waals surface area contributed by atoms with E-state index >= 15 is 0 Å². The number of Topliss-reactive ketones (excluding diaryl/α,β-unsaturated/α-hetero) is 1. The SMILES string of the molecule is CC1(C)CCC(C(=O)Cc2ccc(Br)s2)CC1. The molecule has 0 aliphatic heterocycles. The molecule has 1 aromatic heterocycles. The van der Waals surface area contributed by atoms with Gasteiger partial charge in [0.05, 0.1) is 3.79 Å². The minimum Gasteiger partial charge on any atom is -0.299 e. The standard InChI is InChI=1S/C14H19BrOS/c1-14(2)7-5-10(6-8-14)12(16)9-11-3-4-13(15)17-11/h3-4,10H,5-9H2,1-2H3. The van der Waals surface area contributed by atoms with Gasteiger partial charge in [-0.25, -0.2) is 0 Å². The number of carbonyl (C=O) groups is 1. The highest BCUT2D eigenvalue weighted by Gasteiger charge is 2.30. The predicted octanol–water partition coefficient (Wildman–Crippen LogP) is 4.84. The molecule has 1 aliphatic carbocycles. The number of hydrogen-bond acceptors (Lipinski definition) is 2. The van der Waals surface area contributed by atoms with Crippen molar-refractivity contribution >= 4 is 33.0 Å². The lowest BCUT2D eigenvalue weighted by molar-refractivity contribution is -0.123. The van der Waals surface area contributed by atoms with E-state index in [4.69, 9.17) is 0 Å². The van der Waals surface area contributed by atoms with Crippen LogP contribution in [0.1, 0.15) is 44.4 Å². The van der Waals surface area contributed by atoms with Gasteiger partial charge >= 0.3 is 0 Å². The summed E-state index contributed by atoms with van der Waals surface area (Å²) in [4.78, 5) is 13.4. The quantitative estimate of drug-likeness (QED) is 0.780. The maximum Gasteiger partial charge on any atom is 0.141 e. The molecule has 2 rings (SSSR count). The Kier molecular flexibility index (Phi) is 4.09. The first-order valence-electron chi connectivity index (χ1n) is 6.23. The fourth-order valence-corrected chi connectivity index (χ4v) is 3.98. The summed E-state index contributed by atoms with van der Waals surface area (Å²) in [6.07, 6.45) is 5.17. The van der Waals surface area contributed by atoms with Crippen molar-refractivity contribution in [1.82, 2.24) is 0 Å². The Bertz CT molecular complexity index is 398. The molecule has 0 bridgehead atoms. The number of ketones is 1. The lowest BCUT2D eigenvalue weighted by Crippen LogP contribution is -2.26.